The summed E-state index contributed by atoms with van der Waals surface area (Å²) in [5.74, 6) is 0. The molecule has 0 aromatic rings. The summed E-state index contributed by atoms with van der Waals surface area (Å²) in [5.41, 5.74) is 0. The maximum absolute atomic E-state index is 4.00. The van der Waals surface area contributed by atoms with Crippen molar-refractivity contribution in [1.29, 1.82) is 0 Å². The van der Waals surface area contributed by atoms with Crippen molar-refractivity contribution in [2.24, 2.45) is 0 Å². The summed E-state index contributed by atoms with van der Waals surface area (Å²) in [6.45, 7) is 3.82. The van der Waals surface area contributed by atoms with Crippen molar-refractivity contribution in [2.45, 2.75) is 13.8 Å². The van der Waals surface area contributed by atoms with Crippen LogP contribution in [0.3, 0.4) is 0 Å². The largest absolute Gasteiger partial charge is 0.147 e. The highest BCUT2D eigenvalue weighted by Gasteiger charge is 1.77. The zero-order valence-electron chi connectivity index (χ0n) is 3.89. The third-order valence-corrected chi connectivity index (χ3v) is 1.37. The van der Waals surface area contributed by atoms with Crippen LogP contribution in [0.2, 0.25) is 0 Å². The third-order valence-electron chi connectivity index (χ3n) is 0.524. The molecule has 0 unspecified atom stereocenters. The lowest BCUT2D eigenvalue weighted by Crippen LogP contribution is -1.58. The van der Waals surface area contributed by atoms with E-state index in [0.717, 1.165) is 9.81 Å². The van der Waals surface area contributed by atoms with E-state index in [4.69, 9.17) is 0 Å². The van der Waals surface area contributed by atoms with Crippen molar-refractivity contribution in [1.82, 2.24) is 0 Å². The van der Waals surface area contributed by atoms with Crippen LogP contribution in [0.5, 0.6) is 0 Å². The second kappa shape index (κ2) is 2.59. The zero-order chi connectivity index (χ0) is 5.15. The smallest absolute Gasteiger partial charge is 0.0126 e. The first-order valence-corrected chi connectivity index (χ1v) is 2.59. The van der Waals surface area contributed by atoms with E-state index >= 15 is 0 Å². The molecule has 0 nitrogen and oxygen atoms in total. The van der Waals surface area contributed by atoms with E-state index in [1.807, 2.05) is 13.8 Å². The maximum atomic E-state index is 4.00. The SMILES string of the molecule is C/C(S)=C(/C)S. The van der Waals surface area contributed by atoms with E-state index < -0.39 is 0 Å². The maximum Gasteiger partial charge on any atom is -0.0126 e. The monoisotopic (exact) mass is 120 g/mol. The van der Waals surface area contributed by atoms with Gasteiger partial charge in [-0.05, 0) is 23.7 Å². The highest BCUT2D eigenvalue weighted by molar-refractivity contribution is 7.88. The minimum Gasteiger partial charge on any atom is -0.147 e. The molecule has 0 atom stereocenters. The molecule has 0 aliphatic heterocycles. The Morgan fingerprint density at radius 2 is 1.17 bits per heavy atom. The topological polar surface area (TPSA) is 0 Å². The predicted molar refractivity (Wildman–Crippen MR) is 36.3 cm³/mol. The first kappa shape index (κ1) is 6.44. The molecule has 0 aromatic carbocycles. The summed E-state index contributed by atoms with van der Waals surface area (Å²) in [6, 6.07) is 0. The van der Waals surface area contributed by atoms with Gasteiger partial charge < -0.3 is 0 Å². The molecular weight excluding hydrogens is 112 g/mol. The Morgan fingerprint density at radius 1 is 1.00 bits per heavy atom. The fourth-order valence-corrected chi connectivity index (χ4v) is 0. The Labute approximate surface area is 49.5 Å². The molecule has 0 radical (unpaired) electrons. The highest BCUT2D eigenvalue weighted by Crippen LogP contribution is 2.08. The molecule has 0 N–H and O–H groups in total. The van der Waals surface area contributed by atoms with Gasteiger partial charge in [0.15, 0.2) is 0 Å². The quantitative estimate of drug-likeness (QED) is 0.449. The normalized spacial score (nSPS) is 14.0. The number of allylic oxidation sites excluding steroid dienone is 2. The molecule has 0 aliphatic rings. The molecule has 6 heavy (non-hydrogen) atoms. The predicted octanol–water partition coefficient (Wildman–Crippen LogP) is 2.10. The summed E-state index contributed by atoms with van der Waals surface area (Å²) in [6.07, 6.45) is 0. The van der Waals surface area contributed by atoms with Crippen LogP contribution >= 0.6 is 25.3 Å². The Hall–Kier alpha value is 0.440. The van der Waals surface area contributed by atoms with E-state index in [0.29, 0.717) is 0 Å². The first-order valence-electron chi connectivity index (χ1n) is 1.70. The Bertz CT molecular complexity index is 55.6. The molecule has 0 aromatic heterocycles. The van der Waals surface area contributed by atoms with Gasteiger partial charge in [0, 0.05) is 0 Å². The number of hydrogen-bond donors (Lipinski definition) is 2. The van der Waals surface area contributed by atoms with Gasteiger partial charge in [0.25, 0.3) is 0 Å². The summed E-state index contributed by atoms with van der Waals surface area (Å²) < 4.78 is 0. The van der Waals surface area contributed by atoms with E-state index in [2.05, 4.69) is 25.3 Å². The van der Waals surface area contributed by atoms with Gasteiger partial charge in [-0.1, -0.05) is 0 Å². The second-order valence-electron chi connectivity index (χ2n) is 1.17. The lowest BCUT2D eigenvalue weighted by atomic mass is 10.6. The molecule has 0 amide bonds. The van der Waals surface area contributed by atoms with Crippen molar-refractivity contribution in [2.75, 3.05) is 0 Å². The van der Waals surface area contributed by atoms with Crippen LogP contribution in [-0.2, 0) is 0 Å². The van der Waals surface area contributed by atoms with Gasteiger partial charge in [0.05, 0.1) is 0 Å². The fraction of sp³-hybridized carbons (Fsp3) is 0.500. The number of thiol groups is 2. The Balaban J connectivity index is 3.68. The molecule has 2 heteroatoms. The van der Waals surface area contributed by atoms with Crippen molar-refractivity contribution < 1.29 is 0 Å². The molecule has 36 valence electrons. The van der Waals surface area contributed by atoms with Crippen LogP contribution in [0.25, 0.3) is 0 Å². The minimum absolute atomic E-state index is 0.985. The lowest BCUT2D eigenvalue weighted by molar-refractivity contribution is 1.57. The molecule has 0 fully saturated rings. The van der Waals surface area contributed by atoms with Gasteiger partial charge in [0.1, 0.15) is 0 Å². The van der Waals surface area contributed by atoms with Gasteiger partial charge >= 0.3 is 0 Å². The van der Waals surface area contributed by atoms with Crippen molar-refractivity contribution in [3.8, 4) is 0 Å². The minimum atomic E-state index is 0.985. The van der Waals surface area contributed by atoms with Crippen LogP contribution in [-0.4, -0.2) is 0 Å². The van der Waals surface area contributed by atoms with Gasteiger partial charge in [-0.15, -0.1) is 25.3 Å². The van der Waals surface area contributed by atoms with E-state index in [1.165, 1.54) is 0 Å². The van der Waals surface area contributed by atoms with Gasteiger partial charge in [-0.2, -0.15) is 0 Å². The molecule has 0 spiro atoms. The second-order valence-corrected chi connectivity index (χ2v) is 2.51. The summed E-state index contributed by atoms with van der Waals surface area (Å²) in [5, 5.41) is 0. The number of rotatable bonds is 0. The van der Waals surface area contributed by atoms with Crippen LogP contribution in [0.15, 0.2) is 9.81 Å². The molecule has 0 bridgehead atoms. The molecule has 0 saturated heterocycles. The fourth-order valence-electron chi connectivity index (χ4n) is 0. The molecular formula is C4H8S2. The van der Waals surface area contributed by atoms with E-state index in [1.54, 1.807) is 0 Å². The zero-order valence-corrected chi connectivity index (χ0v) is 5.68. The lowest BCUT2D eigenvalue weighted by Gasteiger charge is -1.85. The van der Waals surface area contributed by atoms with Crippen LogP contribution in [0, 0.1) is 0 Å². The Morgan fingerprint density at radius 3 is 1.17 bits per heavy atom. The molecule has 0 saturated carbocycles. The molecule has 0 aliphatic carbocycles. The van der Waals surface area contributed by atoms with Crippen molar-refractivity contribution in [3.63, 3.8) is 0 Å². The van der Waals surface area contributed by atoms with Crippen molar-refractivity contribution >= 4 is 25.3 Å². The van der Waals surface area contributed by atoms with Gasteiger partial charge in [0.2, 0.25) is 0 Å². The van der Waals surface area contributed by atoms with Gasteiger partial charge in [-0.3, -0.25) is 0 Å². The van der Waals surface area contributed by atoms with Gasteiger partial charge in [-0.25, -0.2) is 0 Å². The average Bonchev–Trinajstić information content (AvgIpc) is 1.36. The van der Waals surface area contributed by atoms with E-state index in [-0.39, 0.29) is 0 Å². The standard InChI is InChI=1S/C4H8S2/c1-3(5)4(2)6/h5-6H,1-2H3/b4-3+. The molecule has 0 rings (SSSR count). The van der Waals surface area contributed by atoms with Crippen LogP contribution < -0.4 is 0 Å². The molecule has 0 heterocycles. The number of hydrogen-bond acceptors (Lipinski definition) is 2. The Kier molecular flexibility index (Phi) is 2.78. The highest BCUT2D eigenvalue weighted by atomic mass is 32.1. The summed E-state index contributed by atoms with van der Waals surface area (Å²) >= 11 is 7.99. The average molecular weight is 120 g/mol. The first-order chi connectivity index (χ1) is 2.64. The van der Waals surface area contributed by atoms with Crippen LogP contribution in [0.4, 0.5) is 0 Å². The summed E-state index contributed by atoms with van der Waals surface area (Å²) in [4.78, 5) is 1.97. The van der Waals surface area contributed by atoms with Crippen LogP contribution in [0.1, 0.15) is 13.8 Å². The van der Waals surface area contributed by atoms with Crippen molar-refractivity contribution in [3.05, 3.63) is 9.81 Å². The third kappa shape index (κ3) is 2.67. The summed E-state index contributed by atoms with van der Waals surface area (Å²) in [7, 11) is 0. The van der Waals surface area contributed by atoms with E-state index in [9.17, 15) is 0 Å².